The van der Waals surface area contributed by atoms with Crippen LogP contribution in [0.5, 0.6) is 17.2 Å². The zero-order chi connectivity index (χ0) is 88.7. The number of piperazine rings is 1. The number of rotatable bonds is 18. The SMILES string of the molecule is COc1cccc(Nc2nc(-c3ccccc3)nc3ccccc23)c1.Oc1ccc(Nc2nc(-c3ccccc3)nc3ccccc23)cc1.Oc1ccccc1Nc1nc(-c2ccccc2)nc2ccccc12.c1ccc(CC2CCN(c3nc(-c4ccccc4)nc4ccccc34)CC2)cc1.c1ccc(CN2CCN(c3nc(-c4ccccc4)nc4ccccc34)CC2)cc1. The number of hydrogen-bond donors (Lipinski definition) is 5. The number of aromatic nitrogens is 10. The number of benzene rings is 15. The van der Waals surface area contributed by atoms with Gasteiger partial charge in [0.1, 0.15) is 46.3 Å². The number of aromatic hydroxyl groups is 2. The molecule has 0 aliphatic carbocycles. The minimum Gasteiger partial charge on any atom is -0.508 e. The van der Waals surface area contributed by atoms with Gasteiger partial charge in [0.15, 0.2) is 29.1 Å². The molecule has 20 aromatic rings. The van der Waals surface area contributed by atoms with Crippen LogP contribution in [-0.4, -0.2) is 111 Å². The van der Waals surface area contributed by atoms with Crippen LogP contribution in [0.3, 0.4) is 0 Å². The summed E-state index contributed by atoms with van der Waals surface area (Å²) in [4.78, 5) is 55.2. The molecule has 0 unspecified atom stereocenters. The maximum absolute atomic E-state index is 10.0. The second kappa shape index (κ2) is 41.7. The average molecular weight is 1710 g/mol. The van der Waals surface area contributed by atoms with E-state index in [1.165, 1.54) is 30.4 Å². The molecule has 5 N–H and O–H groups in total. The molecular formula is C112H96N16O3. The Bertz CT molecular complexity index is 6990. The number of hydrogen-bond acceptors (Lipinski definition) is 19. The van der Waals surface area contributed by atoms with Gasteiger partial charge in [-0.05, 0) is 146 Å². The molecule has 0 amide bonds. The smallest absolute Gasteiger partial charge is 0.162 e. The van der Waals surface area contributed by atoms with Crippen molar-refractivity contribution in [2.75, 3.05) is 72.1 Å². The van der Waals surface area contributed by atoms with Crippen LogP contribution in [0.15, 0.2) is 406 Å². The molecule has 0 saturated carbocycles. The number of phenols is 2. The molecule has 2 fully saturated rings. The van der Waals surface area contributed by atoms with E-state index in [-0.39, 0.29) is 11.5 Å². The quantitative estimate of drug-likeness (QED) is 0.0398. The highest BCUT2D eigenvalue weighted by Gasteiger charge is 2.26. The third-order valence-corrected chi connectivity index (χ3v) is 23.0. The third-order valence-electron chi connectivity index (χ3n) is 23.0. The highest BCUT2D eigenvalue weighted by atomic mass is 16.5. The maximum Gasteiger partial charge on any atom is 0.162 e. The van der Waals surface area contributed by atoms with Gasteiger partial charge in [0.25, 0.3) is 0 Å². The monoisotopic (exact) mass is 1710 g/mol. The molecule has 2 saturated heterocycles. The van der Waals surface area contributed by atoms with E-state index in [0.29, 0.717) is 29.0 Å². The van der Waals surface area contributed by atoms with E-state index >= 15 is 0 Å². The number of methoxy groups -OCH3 is 1. The van der Waals surface area contributed by atoms with Gasteiger partial charge in [0.2, 0.25) is 0 Å². The third kappa shape index (κ3) is 21.6. The maximum atomic E-state index is 10.0. The molecule has 0 spiro atoms. The number of phenolic OH excluding ortho intramolecular Hbond substituents is 2. The number of nitrogens with one attached hydrogen (secondary N) is 3. The molecule has 2 aliphatic rings. The average Bonchev–Trinajstić information content (AvgIpc) is 0.827. The van der Waals surface area contributed by atoms with E-state index in [1.54, 1.807) is 31.4 Å². The summed E-state index contributed by atoms with van der Waals surface area (Å²) < 4.78 is 5.30. The molecule has 2 aliphatic heterocycles. The van der Waals surface area contributed by atoms with E-state index in [0.717, 1.165) is 186 Å². The standard InChI is InChI=1S/C26H25N3.C25H24N4.C21H17N3O.2C20H15N3O/c1-3-9-20(10-4-1)19-21-15-17-29(18-16-21)26-23-13-7-8-14-24(23)27-25(28-26)22-11-5-2-6-12-22;1-3-9-20(10-4-1)19-28-15-17-29(18-16-28)25-22-13-7-8-14-23(22)26-24(27-25)21-11-5-2-6-12-21;1-25-17-11-7-10-16(14-17)22-21-18-12-5-6-13-19(18)23-20(24-21)15-8-3-2-4-9-15;24-18-13-7-6-12-17(18)22-20-15-10-4-5-11-16(15)21-19(23-20)14-8-2-1-3-9-14;24-16-12-10-15(11-13-16)21-20-17-8-4-5-9-18(17)22-19(23-20)14-6-2-1-3-7-14/h1-14,21H,15-19H2;1-14H,15-19H2;2-14H,1H3,(H,22,23,24);2*1-13,24H,(H,21,22,23). The van der Waals surface area contributed by atoms with Crippen LogP contribution in [0.25, 0.3) is 111 Å². The molecule has 0 radical (unpaired) electrons. The largest absolute Gasteiger partial charge is 0.508 e. The Kier molecular flexibility index (Phi) is 27.1. The molecule has 22 rings (SSSR count). The first-order valence-electron chi connectivity index (χ1n) is 44.1. The van der Waals surface area contributed by atoms with Gasteiger partial charge in [-0.15, -0.1) is 0 Å². The Morgan fingerprint density at radius 1 is 0.290 bits per heavy atom. The lowest BCUT2D eigenvalue weighted by atomic mass is 9.90. The molecule has 15 aromatic carbocycles. The minimum absolute atomic E-state index is 0.182. The molecule has 0 bridgehead atoms. The lowest BCUT2D eigenvalue weighted by molar-refractivity contribution is 0.249. The van der Waals surface area contributed by atoms with Crippen LogP contribution in [0, 0.1) is 5.92 Å². The predicted octanol–water partition coefficient (Wildman–Crippen LogP) is 24.9. The summed E-state index contributed by atoms with van der Waals surface area (Å²) in [6.45, 7) is 7.12. The number of para-hydroxylation sites is 7. The summed E-state index contributed by atoms with van der Waals surface area (Å²) in [7, 11) is 1.66. The van der Waals surface area contributed by atoms with Crippen molar-refractivity contribution in [3.8, 4) is 74.2 Å². The highest BCUT2D eigenvalue weighted by Crippen LogP contribution is 2.37. The Labute approximate surface area is 761 Å². The predicted molar refractivity (Wildman–Crippen MR) is 533 cm³/mol. The number of fused-ring (bicyclic) bond motifs is 5. The topological polar surface area (TPSA) is 224 Å². The Hall–Kier alpha value is -16.6. The zero-order valence-corrected chi connectivity index (χ0v) is 72.4. The Morgan fingerprint density at radius 3 is 1.04 bits per heavy atom. The molecular weight excluding hydrogens is 1620 g/mol. The van der Waals surface area contributed by atoms with Gasteiger partial charge < -0.3 is 40.7 Å². The first-order valence-corrected chi connectivity index (χ1v) is 44.1. The zero-order valence-electron chi connectivity index (χ0n) is 72.4. The van der Waals surface area contributed by atoms with Crippen LogP contribution < -0.4 is 30.5 Å². The summed E-state index contributed by atoms with van der Waals surface area (Å²) in [5, 5.41) is 34.5. The van der Waals surface area contributed by atoms with Gasteiger partial charge >= 0.3 is 0 Å². The fourth-order valence-corrected chi connectivity index (χ4v) is 16.2. The Morgan fingerprint density at radius 2 is 0.626 bits per heavy atom. The summed E-state index contributed by atoms with van der Waals surface area (Å²) in [6, 6.07) is 134. The highest BCUT2D eigenvalue weighted by molar-refractivity contribution is 5.96. The van der Waals surface area contributed by atoms with Crippen molar-refractivity contribution < 1.29 is 14.9 Å². The number of piperidine rings is 1. The minimum atomic E-state index is 0.182. The van der Waals surface area contributed by atoms with Gasteiger partial charge in [-0.25, -0.2) is 49.8 Å². The van der Waals surface area contributed by atoms with Gasteiger partial charge in [-0.2, -0.15) is 0 Å². The second-order valence-corrected chi connectivity index (χ2v) is 31.9. The van der Waals surface area contributed by atoms with Crippen molar-refractivity contribution in [3.63, 3.8) is 0 Å². The van der Waals surface area contributed by atoms with E-state index in [1.807, 2.05) is 255 Å². The number of nitrogens with zero attached hydrogens (tertiary/aromatic N) is 13. The van der Waals surface area contributed by atoms with Crippen LogP contribution in [0.4, 0.5) is 46.2 Å². The van der Waals surface area contributed by atoms with Crippen molar-refractivity contribution in [1.29, 1.82) is 0 Å². The van der Waals surface area contributed by atoms with Crippen LogP contribution in [0.2, 0.25) is 0 Å². The van der Waals surface area contributed by atoms with Crippen molar-refractivity contribution in [2.45, 2.75) is 25.8 Å². The first kappa shape index (κ1) is 85.2. The van der Waals surface area contributed by atoms with E-state index < -0.39 is 0 Å². The van der Waals surface area contributed by atoms with Gasteiger partial charge in [-0.1, -0.05) is 291 Å². The van der Waals surface area contributed by atoms with E-state index in [9.17, 15) is 10.2 Å². The summed E-state index contributed by atoms with van der Waals surface area (Å²) in [5.41, 5.74) is 14.9. The van der Waals surface area contributed by atoms with Crippen molar-refractivity contribution in [3.05, 3.63) is 418 Å². The van der Waals surface area contributed by atoms with Crippen molar-refractivity contribution in [2.24, 2.45) is 5.92 Å². The van der Waals surface area contributed by atoms with Gasteiger partial charge in [0.05, 0.1) is 40.4 Å². The van der Waals surface area contributed by atoms with Crippen LogP contribution in [-0.2, 0) is 13.0 Å². The molecule has 7 heterocycles. The fourth-order valence-electron chi connectivity index (χ4n) is 16.2. The summed E-state index contributed by atoms with van der Waals surface area (Å²) >= 11 is 0. The molecule has 0 atom stereocenters. The number of ether oxygens (including phenoxy) is 1. The van der Waals surface area contributed by atoms with Crippen LogP contribution >= 0.6 is 0 Å². The number of anilines is 8. The normalized spacial score (nSPS) is 12.6. The molecule has 19 nitrogen and oxygen atoms in total. The second-order valence-electron chi connectivity index (χ2n) is 31.9. The lowest BCUT2D eigenvalue weighted by Gasteiger charge is -2.36. The van der Waals surface area contributed by atoms with E-state index in [2.05, 4.69) is 173 Å². The fraction of sp³-hybridized carbons (Fsp3) is 0.107. The van der Waals surface area contributed by atoms with Gasteiger partial charge in [0, 0.05) is 118 Å². The van der Waals surface area contributed by atoms with Crippen molar-refractivity contribution >= 4 is 101 Å². The van der Waals surface area contributed by atoms with E-state index in [4.69, 9.17) is 39.6 Å². The van der Waals surface area contributed by atoms with Crippen molar-refractivity contribution in [1.82, 2.24) is 54.7 Å². The molecule has 5 aromatic heterocycles. The first-order chi connectivity index (χ1) is 64.7. The Balaban J connectivity index is 0.000000110. The van der Waals surface area contributed by atoms with Crippen LogP contribution in [0.1, 0.15) is 24.0 Å². The molecule has 19 heteroatoms. The lowest BCUT2D eigenvalue weighted by Crippen LogP contribution is -2.46. The molecule has 131 heavy (non-hydrogen) atoms. The molecule has 642 valence electrons. The summed E-state index contributed by atoms with van der Waals surface area (Å²) in [5.74, 6) is 9.90. The summed E-state index contributed by atoms with van der Waals surface area (Å²) in [6.07, 6.45) is 3.58. The van der Waals surface area contributed by atoms with Gasteiger partial charge in [-0.3, -0.25) is 4.90 Å².